The van der Waals surface area contributed by atoms with Crippen molar-refractivity contribution >= 4 is 11.6 Å². The fraction of sp³-hybridized carbons (Fsp3) is 0.588. The van der Waals surface area contributed by atoms with Gasteiger partial charge in [-0.3, -0.25) is 9.69 Å². The monoisotopic (exact) mass is 287 g/mol. The maximum atomic E-state index is 12.5. The molecule has 1 amide bonds. The van der Waals surface area contributed by atoms with Crippen molar-refractivity contribution in [2.45, 2.75) is 45.2 Å². The molecule has 21 heavy (non-hydrogen) atoms. The van der Waals surface area contributed by atoms with E-state index in [2.05, 4.69) is 22.8 Å². The van der Waals surface area contributed by atoms with Gasteiger partial charge in [-0.15, -0.1) is 0 Å². The van der Waals surface area contributed by atoms with Gasteiger partial charge in [-0.2, -0.15) is 0 Å². The Balaban J connectivity index is 1.63. The summed E-state index contributed by atoms with van der Waals surface area (Å²) in [7, 11) is 0. The van der Waals surface area contributed by atoms with Crippen molar-refractivity contribution in [3.63, 3.8) is 0 Å². The van der Waals surface area contributed by atoms with Crippen LogP contribution in [0, 0.1) is 0 Å². The van der Waals surface area contributed by atoms with E-state index in [4.69, 9.17) is 5.73 Å². The van der Waals surface area contributed by atoms with Crippen LogP contribution in [-0.4, -0.2) is 41.4 Å². The molecule has 0 bridgehead atoms. The molecule has 0 spiro atoms. The molecule has 0 saturated carbocycles. The van der Waals surface area contributed by atoms with Crippen molar-refractivity contribution in [1.29, 1.82) is 0 Å². The SMILES string of the molecule is CC1CCCCN1C(=O)CN1CCc2c(N)cccc2C1. The largest absolute Gasteiger partial charge is 0.398 e. The highest BCUT2D eigenvalue weighted by molar-refractivity contribution is 5.78. The van der Waals surface area contributed by atoms with Crippen LogP contribution in [0.1, 0.15) is 37.3 Å². The van der Waals surface area contributed by atoms with Crippen LogP contribution in [0.25, 0.3) is 0 Å². The van der Waals surface area contributed by atoms with Gasteiger partial charge < -0.3 is 10.6 Å². The number of carbonyl (C=O) groups is 1. The summed E-state index contributed by atoms with van der Waals surface area (Å²) in [6, 6.07) is 6.51. The quantitative estimate of drug-likeness (QED) is 0.847. The van der Waals surface area contributed by atoms with Gasteiger partial charge in [-0.25, -0.2) is 0 Å². The molecular weight excluding hydrogens is 262 g/mol. The van der Waals surface area contributed by atoms with E-state index in [-0.39, 0.29) is 5.91 Å². The van der Waals surface area contributed by atoms with E-state index in [1.54, 1.807) is 0 Å². The van der Waals surface area contributed by atoms with Crippen molar-refractivity contribution in [3.05, 3.63) is 29.3 Å². The van der Waals surface area contributed by atoms with Gasteiger partial charge in [0, 0.05) is 31.4 Å². The molecule has 2 aliphatic heterocycles. The Morgan fingerprint density at radius 2 is 2.19 bits per heavy atom. The molecule has 1 aromatic rings. The van der Waals surface area contributed by atoms with Crippen LogP contribution in [0.2, 0.25) is 0 Å². The molecule has 3 rings (SSSR count). The second-order valence-electron chi connectivity index (χ2n) is 6.38. The number of benzene rings is 1. The van der Waals surface area contributed by atoms with E-state index in [1.807, 2.05) is 12.1 Å². The number of likely N-dealkylation sites (tertiary alicyclic amines) is 1. The number of piperidine rings is 1. The van der Waals surface area contributed by atoms with Crippen LogP contribution in [0.4, 0.5) is 5.69 Å². The molecule has 1 unspecified atom stereocenters. The third-order valence-corrected chi connectivity index (χ3v) is 4.86. The Hall–Kier alpha value is -1.55. The van der Waals surface area contributed by atoms with E-state index in [1.165, 1.54) is 17.5 Å². The highest BCUT2D eigenvalue weighted by atomic mass is 16.2. The van der Waals surface area contributed by atoms with Crippen LogP contribution in [0.5, 0.6) is 0 Å². The van der Waals surface area contributed by atoms with Gasteiger partial charge in [0.05, 0.1) is 6.54 Å². The number of rotatable bonds is 2. The minimum atomic E-state index is 0.287. The van der Waals surface area contributed by atoms with Crippen molar-refractivity contribution in [1.82, 2.24) is 9.80 Å². The van der Waals surface area contributed by atoms with Gasteiger partial charge >= 0.3 is 0 Å². The average molecular weight is 287 g/mol. The lowest BCUT2D eigenvalue weighted by Gasteiger charge is -2.36. The Kier molecular flexibility index (Phi) is 4.15. The van der Waals surface area contributed by atoms with Crippen molar-refractivity contribution in [3.8, 4) is 0 Å². The third kappa shape index (κ3) is 3.05. The first kappa shape index (κ1) is 14.4. The summed E-state index contributed by atoms with van der Waals surface area (Å²) in [5, 5.41) is 0. The predicted molar refractivity (Wildman–Crippen MR) is 84.9 cm³/mol. The van der Waals surface area contributed by atoms with Crippen LogP contribution in [0.15, 0.2) is 18.2 Å². The minimum Gasteiger partial charge on any atom is -0.398 e. The van der Waals surface area contributed by atoms with Gasteiger partial charge in [-0.1, -0.05) is 12.1 Å². The van der Waals surface area contributed by atoms with Crippen LogP contribution >= 0.6 is 0 Å². The number of nitrogens with two attached hydrogens (primary N) is 1. The van der Waals surface area contributed by atoms with Gasteiger partial charge in [0.1, 0.15) is 0 Å². The van der Waals surface area contributed by atoms with Gasteiger partial charge in [0.2, 0.25) is 5.91 Å². The molecular formula is C17H25N3O. The number of carbonyl (C=O) groups excluding carboxylic acids is 1. The number of fused-ring (bicyclic) bond motifs is 1. The highest BCUT2D eigenvalue weighted by Gasteiger charge is 2.26. The lowest BCUT2D eigenvalue weighted by molar-refractivity contribution is -0.135. The van der Waals surface area contributed by atoms with E-state index in [0.717, 1.165) is 44.6 Å². The van der Waals surface area contributed by atoms with Crippen molar-refractivity contribution < 1.29 is 4.79 Å². The summed E-state index contributed by atoms with van der Waals surface area (Å²) in [5.41, 5.74) is 9.47. The molecule has 1 fully saturated rings. The normalized spacial score (nSPS) is 22.9. The molecule has 0 aliphatic carbocycles. The molecule has 114 valence electrons. The zero-order valence-electron chi connectivity index (χ0n) is 12.8. The minimum absolute atomic E-state index is 0.287. The molecule has 1 atom stereocenters. The van der Waals surface area contributed by atoms with Crippen molar-refractivity contribution in [2.24, 2.45) is 0 Å². The third-order valence-electron chi connectivity index (χ3n) is 4.86. The molecule has 1 saturated heterocycles. The number of anilines is 1. The first-order valence-electron chi connectivity index (χ1n) is 8.03. The maximum Gasteiger partial charge on any atom is 0.236 e. The van der Waals surface area contributed by atoms with Gasteiger partial charge in [0.25, 0.3) is 0 Å². The van der Waals surface area contributed by atoms with E-state index in [9.17, 15) is 4.79 Å². The van der Waals surface area contributed by atoms with Crippen LogP contribution in [0.3, 0.4) is 0 Å². The Morgan fingerprint density at radius 1 is 1.33 bits per heavy atom. The van der Waals surface area contributed by atoms with E-state index in [0.29, 0.717) is 12.6 Å². The fourth-order valence-electron chi connectivity index (χ4n) is 3.58. The summed E-state index contributed by atoms with van der Waals surface area (Å²) in [6.45, 7) is 5.41. The van der Waals surface area contributed by atoms with Crippen LogP contribution in [-0.2, 0) is 17.8 Å². The lowest BCUT2D eigenvalue weighted by Crippen LogP contribution is -2.47. The van der Waals surface area contributed by atoms with E-state index < -0.39 is 0 Å². The smallest absolute Gasteiger partial charge is 0.236 e. The second kappa shape index (κ2) is 6.06. The van der Waals surface area contributed by atoms with Gasteiger partial charge in [-0.05, 0) is 49.8 Å². The zero-order chi connectivity index (χ0) is 14.8. The molecule has 4 heteroatoms. The van der Waals surface area contributed by atoms with Crippen LogP contribution < -0.4 is 5.73 Å². The number of hydrogen-bond donors (Lipinski definition) is 1. The zero-order valence-corrected chi connectivity index (χ0v) is 12.8. The molecule has 0 radical (unpaired) electrons. The molecule has 4 nitrogen and oxygen atoms in total. The predicted octanol–water partition coefficient (Wildman–Crippen LogP) is 2.03. The second-order valence-corrected chi connectivity index (χ2v) is 6.38. The topological polar surface area (TPSA) is 49.6 Å². The molecule has 1 aromatic carbocycles. The standard InChI is InChI=1S/C17H25N3O/c1-13-5-2-3-9-20(13)17(21)12-19-10-8-15-14(11-19)6-4-7-16(15)18/h4,6-7,13H,2-3,5,8-12,18H2,1H3. The Labute approximate surface area is 126 Å². The highest BCUT2D eigenvalue weighted by Crippen LogP contribution is 2.24. The molecule has 2 aliphatic rings. The Bertz CT molecular complexity index is 529. The first-order valence-corrected chi connectivity index (χ1v) is 8.03. The average Bonchev–Trinajstić information content (AvgIpc) is 2.48. The van der Waals surface area contributed by atoms with Gasteiger partial charge in [0.15, 0.2) is 0 Å². The maximum absolute atomic E-state index is 12.5. The summed E-state index contributed by atoms with van der Waals surface area (Å²) in [4.78, 5) is 16.8. The summed E-state index contributed by atoms with van der Waals surface area (Å²) < 4.78 is 0. The number of hydrogen-bond acceptors (Lipinski definition) is 3. The van der Waals surface area contributed by atoms with Crippen molar-refractivity contribution in [2.75, 3.05) is 25.4 Å². The summed E-state index contributed by atoms with van der Waals surface area (Å²) in [5.74, 6) is 0.287. The van der Waals surface area contributed by atoms with E-state index >= 15 is 0 Å². The number of nitrogens with zero attached hydrogens (tertiary/aromatic N) is 2. The number of amides is 1. The number of nitrogen functional groups attached to an aromatic ring is 1. The molecule has 0 aromatic heterocycles. The fourth-order valence-corrected chi connectivity index (χ4v) is 3.58. The molecule has 2 N–H and O–H groups in total. The Morgan fingerprint density at radius 3 is 3.00 bits per heavy atom. The lowest BCUT2D eigenvalue weighted by atomic mass is 9.98. The summed E-state index contributed by atoms with van der Waals surface area (Å²) in [6.07, 6.45) is 4.49. The first-order chi connectivity index (χ1) is 10.1. The molecule has 2 heterocycles. The summed E-state index contributed by atoms with van der Waals surface area (Å²) >= 11 is 0.